The van der Waals surface area contributed by atoms with Crippen LogP contribution in [0.3, 0.4) is 0 Å². The molecule has 2 rings (SSSR count). The molecule has 0 bridgehead atoms. The molecule has 0 unspecified atom stereocenters. The zero-order valence-electron chi connectivity index (χ0n) is 9.60. The number of benzene rings is 1. The largest absolute Gasteiger partial charge is 0.481 e. The lowest BCUT2D eigenvalue weighted by molar-refractivity contribution is -0.146. The fourth-order valence-corrected chi connectivity index (χ4v) is 2.18. The second kappa shape index (κ2) is 5.39. The zero-order chi connectivity index (χ0) is 13.1. The van der Waals surface area contributed by atoms with Crippen molar-refractivity contribution in [2.75, 3.05) is 13.1 Å². The summed E-state index contributed by atoms with van der Waals surface area (Å²) < 4.78 is 0.962. The van der Waals surface area contributed by atoms with Gasteiger partial charge in [-0.3, -0.25) is 4.79 Å². The highest BCUT2D eigenvalue weighted by Crippen LogP contribution is 2.16. The third-order valence-corrected chi connectivity index (χ3v) is 3.34. The first-order valence-electron chi connectivity index (χ1n) is 5.56. The number of nitrogens with one attached hydrogen (secondary N) is 1. The molecule has 0 aromatic heterocycles. The van der Waals surface area contributed by atoms with Gasteiger partial charge >= 0.3 is 12.0 Å². The van der Waals surface area contributed by atoms with Gasteiger partial charge in [0.15, 0.2) is 0 Å². The Morgan fingerprint density at radius 1 is 1.44 bits per heavy atom. The highest BCUT2D eigenvalue weighted by Gasteiger charge is 2.35. The lowest BCUT2D eigenvalue weighted by Crippen LogP contribution is -2.56. The summed E-state index contributed by atoms with van der Waals surface area (Å²) in [5.41, 5.74) is 0.994. The van der Waals surface area contributed by atoms with Gasteiger partial charge in [-0.05, 0) is 17.7 Å². The molecule has 0 aliphatic carbocycles. The van der Waals surface area contributed by atoms with Crippen molar-refractivity contribution < 1.29 is 14.7 Å². The van der Waals surface area contributed by atoms with Crippen molar-refractivity contribution >= 4 is 27.9 Å². The average molecular weight is 313 g/mol. The van der Waals surface area contributed by atoms with Crippen molar-refractivity contribution in [2.24, 2.45) is 5.92 Å². The summed E-state index contributed by atoms with van der Waals surface area (Å²) in [6, 6.07) is 7.44. The van der Waals surface area contributed by atoms with E-state index in [1.54, 1.807) is 0 Å². The molecule has 5 nitrogen and oxygen atoms in total. The molecule has 0 atom stereocenters. The molecule has 1 heterocycles. The molecule has 0 spiro atoms. The van der Waals surface area contributed by atoms with Gasteiger partial charge in [0.1, 0.15) is 0 Å². The van der Waals surface area contributed by atoms with Crippen LogP contribution in [0.2, 0.25) is 0 Å². The normalized spacial score (nSPS) is 15.1. The summed E-state index contributed by atoms with van der Waals surface area (Å²) >= 11 is 3.36. The Morgan fingerprint density at radius 2 is 2.17 bits per heavy atom. The van der Waals surface area contributed by atoms with Crippen LogP contribution in [-0.4, -0.2) is 35.1 Å². The maximum Gasteiger partial charge on any atom is 0.317 e. The van der Waals surface area contributed by atoms with Gasteiger partial charge in [0.25, 0.3) is 0 Å². The van der Waals surface area contributed by atoms with Crippen molar-refractivity contribution in [2.45, 2.75) is 6.54 Å². The van der Waals surface area contributed by atoms with E-state index < -0.39 is 11.9 Å². The lowest BCUT2D eigenvalue weighted by Gasteiger charge is -2.36. The Morgan fingerprint density at radius 3 is 2.78 bits per heavy atom. The van der Waals surface area contributed by atoms with Crippen molar-refractivity contribution in [3.63, 3.8) is 0 Å². The number of aliphatic carboxylic acids is 1. The van der Waals surface area contributed by atoms with Crippen LogP contribution in [0, 0.1) is 5.92 Å². The van der Waals surface area contributed by atoms with Gasteiger partial charge in [0.05, 0.1) is 5.92 Å². The number of carbonyl (C=O) groups excluding carboxylic acids is 1. The van der Waals surface area contributed by atoms with Gasteiger partial charge in [-0.15, -0.1) is 0 Å². The van der Waals surface area contributed by atoms with Gasteiger partial charge < -0.3 is 15.3 Å². The molecular weight excluding hydrogens is 300 g/mol. The summed E-state index contributed by atoms with van der Waals surface area (Å²) in [4.78, 5) is 23.8. The van der Waals surface area contributed by atoms with Crippen molar-refractivity contribution in [1.29, 1.82) is 0 Å². The first kappa shape index (κ1) is 12.9. The number of halogens is 1. The Balaban J connectivity index is 1.78. The highest BCUT2D eigenvalue weighted by atomic mass is 79.9. The molecule has 0 saturated carbocycles. The molecule has 1 fully saturated rings. The first-order valence-corrected chi connectivity index (χ1v) is 6.35. The van der Waals surface area contributed by atoms with Crippen LogP contribution in [-0.2, 0) is 11.3 Å². The molecule has 0 radical (unpaired) electrons. The number of urea groups is 1. The van der Waals surface area contributed by atoms with Gasteiger partial charge in [-0.25, -0.2) is 4.79 Å². The molecule has 1 aromatic rings. The minimum absolute atomic E-state index is 0.215. The standard InChI is InChI=1S/C12H13BrN2O3/c13-10-3-1-2-8(4-10)5-14-12(18)15-6-9(7-15)11(16)17/h1-4,9H,5-7H2,(H,14,18)(H,16,17). The summed E-state index contributed by atoms with van der Waals surface area (Å²) in [7, 11) is 0. The van der Waals surface area contributed by atoms with Gasteiger partial charge in [0, 0.05) is 24.1 Å². The number of hydrogen-bond acceptors (Lipinski definition) is 2. The molecule has 2 N–H and O–H groups in total. The van der Waals surface area contributed by atoms with Crippen molar-refractivity contribution in [1.82, 2.24) is 10.2 Å². The Hall–Kier alpha value is -1.56. The minimum Gasteiger partial charge on any atom is -0.481 e. The summed E-state index contributed by atoms with van der Waals surface area (Å²) in [6.07, 6.45) is 0. The number of carbonyl (C=O) groups is 2. The molecule has 1 aliphatic rings. The van der Waals surface area contributed by atoms with E-state index in [9.17, 15) is 9.59 Å². The number of hydrogen-bond donors (Lipinski definition) is 2. The first-order chi connectivity index (χ1) is 8.56. The number of carboxylic acids is 1. The highest BCUT2D eigenvalue weighted by molar-refractivity contribution is 9.10. The second-order valence-corrected chi connectivity index (χ2v) is 5.14. The molecular formula is C12H13BrN2O3. The summed E-state index contributed by atoms with van der Waals surface area (Å²) in [6.45, 7) is 1.02. The monoisotopic (exact) mass is 312 g/mol. The van der Waals surface area contributed by atoms with E-state index in [1.807, 2.05) is 24.3 Å². The Bertz CT molecular complexity index is 472. The van der Waals surface area contributed by atoms with Crippen LogP contribution in [0.4, 0.5) is 4.79 Å². The van der Waals surface area contributed by atoms with Crippen LogP contribution < -0.4 is 5.32 Å². The minimum atomic E-state index is -0.842. The Kier molecular flexibility index (Phi) is 3.86. The average Bonchev–Trinajstić information content (AvgIpc) is 2.24. The maximum atomic E-state index is 11.7. The van der Waals surface area contributed by atoms with E-state index in [2.05, 4.69) is 21.2 Å². The molecule has 1 saturated heterocycles. The van der Waals surface area contributed by atoms with Crippen LogP contribution >= 0.6 is 15.9 Å². The van der Waals surface area contributed by atoms with Crippen LogP contribution in [0.1, 0.15) is 5.56 Å². The Labute approximate surface area is 113 Å². The predicted molar refractivity (Wildman–Crippen MR) is 69.1 cm³/mol. The molecule has 18 heavy (non-hydrogen) atoms. The topological polar surface area (TPSA) is 69.6 Å². The fourth-order valence-electron chi connectivity index (χ4n) is 1.74. The smallest absolute Gasteiger partial charge is 0.317 e. The van der Waals surface area contributed by atoms with Crippen LogP contribution in [0.25, 0.3) is 0 Å². The van der Waals surface area contributed by atoms with Crippen LogP contribution in [0.15, 0.2) is 28.7 Å². The zero-order valence-corrected chi connectivity index (χ0v) is 11.2. The third-order valence-electron chi connectivity index (χ3n) is 2.85. The summed E-state index contributed by atoms with van der Waals surface area (Å²) in [5.74, 6) is -1.26. The molecule has 96 valence electrons. The van der Waals surface area contributed by atoms with E-state index in [4.69, 9.17) is 5.11 Å². The van der Waals surface area contributed by atoms with E-state index in [0.29, 0.717) is 19.6 Å². The predicted octanol–water partition coefficient (Wildman–Crippen LogP) is 1.68. The number of nitrogens with zero attached hydrogens (tertiary/aromatic N) is 1. The molecule has 6 heteroatoms. The van der Waals surface area contributed by atoms with Gasteiger partial charge in [-0.1, -0.05) is 28.1 Å². The van der Waals surface area contributed by atoms with E-state index in [-0.39, 0.29) is 6.03 Å². The maximum absolute atomic E-state index is 11.7. The van der Waals surface area contributed by atoms with Crippen molar-refractivity contribution in [3.05, 3.63) is 34.3 Å². The number of likely N-dealkylation sites (tertiary alicyclic amines) is 1. The molecule has 1 aliphatic heterocycles. The van der Waals surface area contributed by atoms with Crippen molar-refractivity contribution in [3.8, 4) is 0 Å². The number of amides is 2. The van der Waals surface area contributed by atoms with E-state index in [0.717, 1.165) is 10.0 Å². The summed E-state index contributed by atoms with van der Waals surface area (Å²) in [5, 5.41) is 11.5. The van der Waals surface area contributed by atoms with E-state index >= 15 is 0 Å². The van der Waals surface area contributed by atoms with E-state index in [1.165, 1.54) is 4.90 Å². The SMILES string of the molecule is O=C(O)C1CN(C(=O)NCc2cccc(Br)c2)C1. The molecule has 1 aromatic carbocycles. The number of carboxylic acid groups (broad SMARTS) is 1. The third kappa shape index (κ3) is 3.01. The number of rotatable bonds is 3. The van der Waals surface area contributed by atoms with Crippen LogP contribution in [0.5, 0.6) is 0 Å². The van der Waals surface area contributed by atoms with Gasteiger partial charge in [0.2, 0.25) is 0 Å². The molecule has 2 amide bonds. The van der Waals surface area contributed by atoms with Gasteiger partial charge in [-0.2, -0.15) is 0 Å². The second-order valence-electron chi connectivity index (χ2n) is 4.23. The quantitative estimate of drug-likeness (QED) is 0.892. The lowest BCUT2D eigenvalue weighted by atomic mass is 10.0. The fraction of sp³-hybridized carbons (Fsp3) is 0.333.